The summed E-state index contributed by atoms with van der Waals surface area (Å²) in [6.07, 6.45) is 3.48. The molecular weight excluding hydrogens is 416 g/mol. The van der Waals surface area contributed by atoms with E-state index in [-0.39, 0.29) is 11.5 Å². The van der Waals surface area contributed by atoms with Gasteiger partial charge in [0, 0.05) is 19.5 Å². The van der Waals surface area contributed by atoms with E-state index in [1.807, 2.05) is 37.3 Å². The molecule has 8 heteroatoms. The van der Waals surface area contributed by atoms with E-state index >= 15 is 0 Å². The summed E-state index contributed by atoms with van der Waals surface area (Å²) in [6.45, 7) is 2.41. The van der Waals surface area contributed by atoms with Crippen molar-refractivity contribution in [2.24, 2.45) is 0 Å². The second-order valence-corrected chi connectivity index (χ2v) is 9.71. The van der Waals surface area contributed by atoms with Crippen LogP contribution >= 0.6 is 0 Å². The monoisotopic (exact) mass is 442 g/mol. The largest absolute Gasteiger partial charge is 0.374 e. The topological polar surface area (TPSA) is 79.7 Å². The van der Waals surface area contributed by atoms with Gasteiger partial charge in [-0.05, 0) is 24.6 Å². The van der Waals surface area contributed by atoms with Crippen molar-refractivity contribution >= 4 is 9.84 Å². The maximum Gasteiger partial charge on any atom is 0.186 e. The van der Waals surface area contributed by atoms with Crippen molar-refractivity contribution in [2.75, 3.05) is 13.7 Å². The zero-order valence-electron chi connectivity index (χ0n) is 17.5. The summed E-state index contributed by atoms with van der Waals surface area (Å²) in [5, 5.41) is -0.898. The maximum atomic E-state index is 13.7. The Balaban J connectivity index is 1.64. The predicted octanol–water partition coefficient (Wildman–Crippen LogP) is 3.16. The highest BCUT2D eigenvalue weighted by Gasteiger charge is 2.53. The zero-order valence-corrected chi connectivity index (χ0v) is 18.3. The quantitative estimate of drug-likeness (QED) is 0.533. The lowest BCUT2D eigenvalue weighted by Crippen LogP contribution is -2.39. The van der Waals surface area contributed by atoms with Gasteiger partial charge in [-0.25, -0.2) is 13.4 Å². The molecule has 0 bridgehead atoms. The van der Waals surface area contributed by atoms with Crippen LogP contribution in [0.25, 0.3) is 0 Å². The third-order valence-electron chi connectivity index (χ3n) is 5.49. The van der Waals surface area contributed by atoms with Crippen molar-refractivity contribution in [3.8, 4) is 0 Å². The minimum atomic E-state index is -3.75. The molecule has 0 saturated carbocycles. The number of sulfone groups is 1. The summed E-state index contributed by atoms with van der Waals surface area (Å²) < 4.78 is 46.7. The summed E-state index contributed by atoms with van der Waals surface area (Å²) in [4.78, 5) is 4.34. The molecule has 164 valence electrons. The molecule has 31 heavy (non-hydrogen) atoms. The first-order valence-electron chi connectivity index (χ1n) is 10.1. The third-order valence-corrected chi connectivity index (χ3v) is 7.72. The van der Waals surface area contributed by atoms with E-state index in [9.17, 15) is 8.42 Å². The second kappa shape index (κ2) is 9.32. The first-order chi connectivity index (χ1) is 15.0. The molecule has 3 aromatic rings. The minimum Gasteiger partial charge on any atom is -0.374 e. The first-order valence-corrected chi connectivity index (χ1v) is 11.6. The van der Waals surface area contributed by atoms with Crippen LogP contribution in [-0.4, -0.2) is 49.3 Å². The van der Waals surface area contributed by atoms with Crippen LogP contribution in [-0.2, 0) is 30.7 Å². The van der Waals surface area contributed by atoms with E-state index < -0.39 is 33.5 Å². The van der Waals surface area contributed by atoms with E-state index in [2.05, 4.69) is 4.98 Å². The van der Waals surface area contributed by atoms with Gasteiger partial charge in [-0.15, -0.1) is 0 Å². The van der Waals surface area contributed by atoms with Crippen LogP contribution in [0.2, 0.25) is 0 Å². The molecule has 1 fully saturated rings. The number of ether oxygens (including phenoxy) is 3. The molecule has 1 aliphatic rings. The van der Waals surface area contributed by atoms with E-state index in [0.29, 0.717) is 6.61 Å². The lowest BCUT2D eigenvalue weighted by molar-refractivity contribution is -0.140. The molecule has 4 atom stereocenters. The SMILES string of the molecule is CO[C@@H]1O[C@H](COCc2ccccc2)[C@@H](S(=O)(=O)c2ccc(C)cc2)[C@H]1n1ccnc1. The van der Waals surface area contributed by atoms with Crippen LogP contribution in [0.5, 0.6) is 0 Å². The Morgan fingerprint density at radius 2 is 1.84 bits per heavy atom. The number of rotatable bonds is 8. The molecular formula is C23H26N2O5S. The summed E-state index contributed by atoms with van der Waals surface area (Å²) in [5.74, 6) is 0. The van der Waals surface area contributed by atoms with Gasteiger partial charge in [-0.1, -0.05) is 48.0 Å². The highest BCUT2D eigenvalue weighted by Crippen LogP contribution is 2.39. The van der Waals surface area contributed by atoms with Crippen molar-refractivity contribution < 1.29 is 22.6 Å². The molecule has 1 aliphatic heterocycles. The zero-order chi connectivity index (χ0) is 21.8. The Morgan fingerprint density at radius 1 is 1.10 bits per heavy atom. The van der Waals surface area contributed by atoms with Gasteiger partial charge in [0.1, 0.15) is 17.4 Å². The van der Waals surface area contributed by atoms with Gasteiger partial charge in [-0.3, -0.25) is 0 Å². The average Bonchev–Trinajstić information content (AvgIpc) is 3.42. The Labute approximate surface area is 182 Å². The molecule has 2 aromatic carbocycles. The molecule has 0 radical (unpaired) electrons. The van der Waals surface area contributed by atoms with Crippen molar-refractivity contribution in [2.45, 2.75) is 42.1 Å². The minimum absolute atomic E-state index is 0.121. The Hall–Kier alpha value is -2.52. The molecule has 4 rings (SSSR count). The van der Waals surface area contributed by atoms with Gasteiger partial charge >= 0.3 is 0 Å². The highest BCUT2D eigenvalue weighted by molar-refractivity contribution is 7.92. The number of imidazole rings is 1. The van der Waals surface area contributed by atoms with Crippen molar-refractivity contribution in [1.29, 1.82) is 0 Å². The normalized spacial score (nSPS) is 23.8. The van der Waals surface area contributed by atoms with E-state index in [1.165, 1.54) is 7.11 Å². The molecule has 1 saturated heterocycles. The number of nitrogens with zero attached hydrogens (tertiary/aromatic N) is 2. The Bertz CT molecular complexity index is 1070. The molecule has 2 heterocycles. The van der Waals surface area contributed by atoms with Gasteiger partial charge in [0.2, 0.25) is 0 Å². The van der Waals surface area contributed by atoms with Crippen molar-refractivity contribution in [1.82, 2.24) is 9.55 Å². The highest BCUT2D eigenvalue weighted by atomic mass is 32.2. The predicted molar refractivity (Wildman–Crippen MR) is 115 cm³/mol. The molecule has 0 amide bonds. The fourth-order valence-corrected chi connectivity index (χ4v) is 5.93. The van der Waals surface area contributed by atoms with Crippen molar-refractivity contribution in [3.05, 3.63) is 84.4 Å². The van der Waals surface area contributed by atoms with Crippen LogP contribution in [0.3, 0.4) is 0 Å². The second-order valence-electron chi connectivity index (χ2n) is 7.60. The lowest BCUT2D eigenvalue weighted by atomic mass is 10.1. The van der Waals surface area contributed by atoms with Crippen LogP contribution in [0.15, 0.2) is 78.2 Å². The van der Waals surface area contributed by atoms with Gasteiger partial charge in [0.25, 0.3) is 0 Å². The number of aromatic nitrogens is 2. The smallest absolute Gasteiger partial charge is 0.186 e. The van der Waals surface area contributed by atoms with Gasteiger partial charge < -0.3 is 18.8 Å². The van der Waals surface area contributed by atoms with Gasteiger partial charge in [0.05, 0.1) is 24.4 Å². The van der Waals surface area contributed by atoms with E-state index in [4.69, 9.17) is 14.2 Å². The number of benzene rings is 2. The Morgan fingerprint density at radius 3 is 2.48 bits per heavy atom. The maximum absolute atomic E-state index is 13.7. The fourth-order valence-electron chi connectivity index (χ4n) is 3.93. The van der Waals surface area contributed by atoms with Crippen LogP contribution in [0.1, 0.15) is 17.2 Å². The molecule has 1 aromatic heterocycles. The summed E-state index contributed by atoms with van der Waals surface area (Å²) in [5.41, 5.74) is 2.00. The van der Waals surface area contributed by atoms with E-state index in [0.717, 1.165) is 11.1 Å². The molecule has 0 spiro atoms. The lowest BCUT2D eigenvalue weighted by Gasteiger charge is -2.25. The van der Waals surface area contributed by atoms with Crippen LogP contribution in [0.4, 0.5) is 0 Å². The van der Waals surface area contributed by atoms with Gasteiger partial charge in [0.15, 0.2) is 16.1 Å². The van der Waals surface area contributed by atoms with Gasteiger partial charge in [-0.2, -0.15) is 0 Å². The Kier molecular flexibility index (Phi) is 6.52. The molecule has 7 nitrogen and oxygen atoms in total. The number of hydrogen-bond donors (Lipinski definition) is 0. The average molecular weight is 443 g/mol. The number of aryl methyl sites for hydroxylation is 1. The first kappa shape index (κ1) is 21.7. The van der Waals surface area contributed by atoms with Crippen LogP contribution in [0, 0.1) is 6.92 Å². The van der Waals surface area contributed by atoms with Crippen molar-refractivity contribution in [3.63, 3.8) is 0 Å². The van der Waals surface area contributed by atoms with Crippen LogP contribution < -0.4 is 0 Å². The fraction of sp³-hybridized carbons (Fsp3) is 0.348. The molecule has 0 N–H and O–H groups in total. The standard InChI is InChI=1S/C23H26N2O5S/c1-17-8-10-19(11-9-17)31(26,27)22-20(15-29-14-18-6-4-3-5-7-18)30-23(28-2)21(22)25-13-12-24-16-25/h3-13,16,20-23H,14-15H2,1-2H3/t20-,21-,22-,23-/m1/s1. The van der Waals surface area contributed by atoms with E-state index in [1.54, 1.807) is 47.6 Å². The third kappa shape index (κ3) is 4.57. The summed E-state index contributed by atoms with van der Waals surface area (Å²) in [7, 11) is -2.24. The molecule has 0 unspecified atom stereocenters. The number of hydrogen-bond acceptors (Lipinski definition) is 6. The summed E-state index contributed by atoms with van der Waals surface area (Å²) in [6, 6.07) is 16.0. The molecule has 0 aliphatic carbocycles. The number of methoxy groups -OCH3 is 1. The summed E-state index contributed by atoms with van der Waals surface area (Å²) >= 11 is 0.